The maximum atomic E-state index is 12.6. The number of allylic oxidation sites excluding steroid dienone is 1. The van der Waals surface area contributed by atoms with Gasteiger partial charge < -0.3 is 9.64 Å². The van der Waals surface area contributed by atoms with Crippen LogP contribution in [-0.2, 0) is 9.53 Å². The first-order valence-corrected chi connectivity index (χ1v) is 16.3. The predicted octanol–water partition coefficient (Wildman–Crippen LogP) is 8.43. The molecule has 4 fully saturated rings. The fourth-order valence-corrected chi connectivity index (χ4v) is 10.3. The second-order valence-corrected chi connectivity index (χ2v) is 14.9. The number of carbonyl (C=O) groups is 1. The normalized spacial score (nSPS) is 40.6. The van der Waals surface area contributed by atoms with Crippen LogP contribution in [0.5, 0.6) is 0 Å². The van der Waals surface area contributed by atoms with E-state index in [0.29, 0.717) is 17.3 Å². The van der Waals surface area contributed by atoms with Gasteiger partial charge in [-0.25, -0.2) is 0 Å². The van der Waals surface area contributed by atoms with Gasteiger partial charge in [-0.1, -0.05) is 65.5 Å². The minimum atomic E-state index is 0.0303. The van der Waals surface area contributed by atoms with Crippen LogP contribution in [0.1, 0.15) is 125 Å². The third-order valence-corrected chi connectivity index (χ3v) is 12.4. The van der Waals surface area contributed by atoms with E-state index in [1.165, 1.54) is 70.6 Å². The minimum absolute atomic E-state index is 0.0303. The summed E-state index contributed by atoms with van der Waals surface area (Å²) in [4.78, 5) is 15.0. The van der Waals surface area contributed by atoms with Gasteiger partial charge in [0.05, 0.1) is 6.42 Å². The third kappa shape index (κ3) is 5.59. The summed E-state index contributed by atoms with van der Waals surface area (Å²) in [5, 5.41) is 0. The monoisotopic (exact) mass is 511 g/mol. The molecule has 0 aromatic carbocycles. The van der Waals surface area contributed by atoms with Crippen molar-refractivity contribution in [2.45, 2.75) is 131 Å². The number of nitrogens with zero attached hydrogens (tertiary/aromatic N) is 1. The van der Waals surface area contributed by atoms with Crippen molar-refractivity contribution in [2.75, 3.05) is 19.6 Å². The largest absolute Gasteiger partial charge is 0.462 e. The smallest absolute Gasteiger partial charge is 0.307 e. The average Bonchev–Trinajstić information content (AvgIpc) is 3.50. The maximum absolute atomic E-state index is 12.6. The minimum Gasteiger partial charge on any atom is -0.462 e. The quantitative estimate of drug-likeness (QED) is 0.230. The van der Waals surface area contributed by atoms with Crippen molar-refractivity contribution in [3.63, 3.8) is 0 Å². The number of rotatable bonds is 9. The molecule has 210 valence electrons. The van der Waals surface area contributed by atoms with Crippen LogP contribution in [0.4, 0.5) is 0 Å². The molecule has 1 heterocycles. The molecular weight excluding hydrogens is 454 g/mol. The molecule has 0 radical (unpaired) electrons. The molecule has 1 saturated heterocycles. The molecule has 3 nitrogen and oxygen atoms in total. The Morgan fingerprint density at radius 3 is 2.57 bits per heavy atom. The fraction of sp³-hybridized carbons (Fsp3) is 0.912. The molecule has 3 heteroatoms. The molecule has 0 bridgehead atoms. The van der Waals surface area contributed by atoms with Gasteiger partial charge in [-0.15, -0.1) is 0 Å². The Bertz CT molecular complexity index is 828. The van der Waals surface area contributed by atoms with Crippen LogP contribution in [0.15, 0.2) is 11.6 Å². The van der Waals surface area contributed by atoms with E-state index in [4.69, 9.17) is 4.74 Å². The van der Waals surface area contributed by atoms with Gasteiger partial charge >= 0.3 is 5.97 Å². The number of ether oxygens (including phenoxy) is 1. The van der Waals surface area contributed by atoms with Crippen molar-refractivity contribution in [1.82, 2.24) is 4.90 Å². The van der Waals surface area contributed by atoms with Crippen LogP contribution < -0.4 is 0 Å². The highest BCUT2D eigenvalue weighted by Gasteiger charge is 2.59. The van der Waals surface area contributed by atoms with Crippen molar-refractivity contribution < 1.29 is 9.53 Å². The first-order chi connectivity index (χ1) is 17.7. The van der Waals surface area contributed by atoms with Crippen LogP contribution in [0, 0.1) is 46.3 Å². The van der Waals surface area contributed by atoms with Crippen molar-refractivity contribution in [2.24, 2.45) is 46.3 Å². The van der Waals surface area contributed by atoms with Crippen molar-refractivity contribution in [3.05, 3.63) is 11.6 Å². The number of hydrogen-bond donors (Lipinski definition) is 0. The molecule has 0 N–H and O–H groups in total. The number of hydrogen-bond acceptors (Lipinski definition) is 3. The second kappa shape index (κ2) is 11.3. The van der Waals surface area contributed by atoms with Gasteiger partial charge in [-0.2, -0.15) is 0 Å². The van der Waals surface area contributed by atoms with E-state index in [1.807, 2.05) is 0 Å². The zero-order valence-electron chi connectivity index (χ0n) is 24.9. The standard InChI is InChI=1S/C34H57NO2/c1-24(2)9-8-10-25(3)29-13-14-30-28-12-11-26-23-27(37-32(36)17-22-35-20-6-7-21-35)15-18-33(26,4)31(28)16-19-34(29,30)5/h11,24-25,27-31H,6-10,12-23H2,1-5H3. The molecule has 0 amide bonds. The van der Waals surface area contributed by atoms with Crippen molar-refractivity contribution in [3.8, 4) is 0 Å². The van der Waals surface area contributed by atoms with Crippen LogP contribution in [0.3, 0.4) is 0 Å². The molecule has 3 saturated carbocycles. The lowest BCUT2D eigenvalue weighted by atomic mass is 9.47. The van der Waals surface area contributed by atoms with Gasteiger partial charge in [0.2, 0.25) is 0 Å². The molecule has 37 heavy (non-hydrogen) atoms. The van der Waals surface area contributed by atoms with E-state index < -0.39 is 0 Å². The lowest BCUT2D eigenvalue weighted by Crippen LogP contribution is -2.51. The van der Waals surface area contributed by atoms with Gasteiger partial charge in [0, 0.05) is 13.0 Å². The molecule has 5 aliphatic rings. The predicted molar refractivity (Wildman–Crippen MR) is 153 cm³/mol. The number of fused-ring (bicyclic) bond motifs is 5. The molecule has 8 atom stereocenters. The summed E-state index contributed by atoms with van der Waals surface area (Å²) in [7, 11) is 0. The summed E-state index contributed by atoms with van der Waals surface area (Å²) in [6.45, 7) is 15.8. The van der Waals surface area contributed by atoms with Gasteiger partial charge in [0.15, 0.2) is 0 Å². The fourth-order valence-electron chi connectivity index (χ4n) is 10.3. The Kier molecular flexibility index (Phi) is 8.50. The van der Waals surface area contributed by atoms with Crippen LogP contribution in [-0.4, -0.2) is 36.6 Å². The summed E-state index contributed by atoms with van der Waals surface area (Å²) in [5.74, 6) is 5.31. The van der Waals surface area contributed by atoms with Gasteiger partial charge in [-0.05, 0) is 117 Å². The van der Waals surface area contributed by atoms with Crippen LogP contribution in [0.2, 0.25) is 0 Å². The first-order valence-electron chi connectivity index (χ1n) is 16.3. The molecular formula is C34H57NO2. The van der Waals surface area contributed by atoms with E-state index in [2.05, 4.69) is 45.6 Å². The highest BCUT2D eigenvalue weighted by Crippen LogP contribution is 2.67. The van der Waals surface area contributed by atoms with Gasteiger partial charge in [-0.3, -0.25) is 4.79 Å². The van der Waals surface area contributed by atoms with Crippen molar-refractivity contribution >= 4 is 5.97 Å². The molecule has 4 aliphatic carbocycles. The number of esters is 1. The Labute approximate surface area is 228 Å². The second-order valence-electron chi connectivity index (χ2n) is 14.9. The van der Waals surface area contributed by atoms with E-state index in [9.17, 15) is 4.79 Å². The van der Waals surface area contributed by atoms with Gasteiger partial charge in [0.25, 0.3) is 0 Å². The third-order valence-electron chi connectivity index (χ3n) is 12.4. The Morgan fingerprint density at radius 2 is 1.81 bits per heavy atom. The van der Waals surface area contributed by atoms with E-state index >= 15 is 0 Å². The average molecular weight is 512 g/mol. The highest BCUT2D eigenvalue weighted by molar-refractivity contribution is 5.69. The zero-order chi connectivity index (χ0) is 26.2. The Morgan fingerprint density at radius 1 is 1.03 bits per heavy atom. The number of carbonyl (C=O) groups excluding carboxylic acids is 1. The van der Waals surface area contributed by atoms with E-state index in [0.717, 1.165) is 68.0 Å². The Balaban J connectivity index is 1.19. The molecule has 5 rings (SSSR count). The van der Waals surface area contributed by atoms with Crippen molar-refractivity contribution in [1.29, 1.82) is 0 Å². The maximum Gasteiger partial charge on any atom is 0.307 e. The summed E-state index contributed by atoms with van der Waals surface area (Å²) in [6, 6.07) is 0. The molecule has 8 unspecified atom stereocenters. The summed E-state index contributed by atoms with van der Waals surface area (Å²) in [6.07, 6.45) is 20.4. The van der Waals surface area contributed by atoms with E-state index in [1.54, 1.807) is 5.57 Å². The summed E-state index contributed by atoms with van der Waals surface area (Å²) in [5.41, 5.74) is 2.53. The summed E-state index contributed by atoms with van der Waals surface area (Å²) >= 11 is 0. The summed E-state index contributed by atoms with van der Waals surface area (Å²) < 4.78 is 6.05. The Hall–Kier alpha value is -0.830. The highest BCUT2D eigenvalue weighted by atomic mass is 16.5. The van der Waals surface area contributed by atoms with Crippen LogP contribution >= 0.6 is 0 Å². The van der Waals surface area contributed by atoms with Crippen LogP contribution in [0.25, 0.3) is 0 Å². The lowest BCUT2D eigenvalue weighted by molar-refractivity contribution is -0.151. The lowest BCUT2D eigenvalue weighted by Gasteiger charge is -2.58. The number of likely N-dealkylation sites (tertiary alicyclic amines) is 1. The molecule has 0 aromatic rings. The zero-order valence-corrected chi connectivity index (χ0v) is 24.9. The molecule has 0 aromatic heterocycles. The van der Waals surface area contributed by atoms with Gasteiger partial charge in [0.1, 0.15) is 6.10 Å². The molecule has 0 spiro atoms. The van der Waals surface area contributed by atoms with E-state index in [-0.39, 0.29) is 12.1 Å². The topological polar surface area (TPSA) is 29.5 Å². The first kappa shape index (κ1) is 27.7. The SMILES string of the molecule is CC(C)CCCC(C)C1CCC2C3CC=C4CC(OC(=O)CCN5CCCC5)CCC4(C)C3CCC12C. The molecule has 1 aliphatic heterocycles.